The van der Waals surface area contributed by atoms with Gasteiger partial charge in [0.2, 0.25) is 11.8 Å². The lowest BCUT2D eigenvalue weighted by atomic mass is 9.89. The molecule has 0 aromatic heterocycles. The average Bonchev–Trinajstić information content (AvgIpc) is 2.69. The Labute approximate surface area is 162 Å². The van der Waals surface area contributed by atoms with Gasteiger partial charge in [-0.1, -0.05) is 30.3 Å². The minimum absolute atomic E-state index is 0.00239. The van der Waals surface area contributed by atoms with Crippen molar-refractivity contribution in [1.82, 2.24) is 5.32 Å². The van der Waals surface area contributed by atoms with E-state index in [1.165, 1.54) is 6.07 Å². The van der Waals surface area contributed by atoms with E-state index in [9.17, 15) is 19.7 Å². The maximum Gasteiger partial charge on any atom is 0.292 e. The molecule has 3 N–H and O–H groups in total. The molecule has 8 nitrogen and oxygen atoms in total. The Hall–Kier alpha value is -3.42. The van der Waals surface area contributed by atoms with E-state index in [1.807, 2.05) is 24.3 Å². The molecule has 1 heterocycles. The normalized spacial score (nSPS) is 15.3. The van der Waals surface area contributed by atoms with Gasteiger partial charge in [-0.2, -0.15) is 0 Å². The molecule has 28 heavy (non-hydrogen) atoms. The van der Waals surface area contributed by atoms with E-state index in [-0.39, 0.29) is 29.8 Å². The second kappa shape index (κ2) is 8.98. The summed E-state index contributed by atoms with van der Waals surface area (Å²) in [5.41, 5.74) is 2.34. The van der Waals surface area contributed by atoms with Crippen LogP contribution in [0.2, 0.25) is 0 Å². The topological polar surface area (TPSA) is 113 Å². The molecule has 0 fully saturated rings. The molecule has 0 aliphatic carbocycles. The lowest BCUT2D eigenvalue weighted by molar-refractivity contribution is -0.384. The van der Waals surface area contributed by atoms with Gasteiger partial charge < -0.3 is 16.0 Å². The van der Waals surface area contributed by atoms with Crippen molar-refractivity contribution in [3.63, 3.8) is 0 Å². The number of rotatable bonds is 8. The first-order valence-electron chi connectivity index (χ1n) is 9.17. The summed E-state index contributed by atoms with van der Waals surface area (Å²) < 4.78 is 0. The molecule has 1 atom stereocenters. The number of nitro benzene ring substituents is 1. The first-order chi connectivity index (χ1) is 13.5. The van der Waals surface area contributed by atoms with E-state index in [2.05, 4.69) is 16.0 Å². The highest BCUT2D eigenvalue weighted by molar-refractivity contribution is 5.96. The summed E-state index contributed by atoms with van der Waals surface area (Å²) in [6.07, 6.45) is 1.36. The first-order valence-corrected chi connectivity index (χ1v) is 9.17. The van der Waals surface area contributed by atoms with Crippen molar-refractivity contribution in [1.29, 1.82) is 0 Å². The molecular formula is C20H22N4O4. The summed E-state index contributed by atoms with van der Waals surface area (Å²) in [4.78, 5) is 34.7. The van der Waals surface area contributed by atoms with Crippen molar-refractivity contribution in [2.45, 2.75) is 19.3 Å². The van der Waals surface area contributed by atoms with Gasteiger partial charge in [0.1, 0.15) is 5.69 Å². The Morgan fingerprint density at radius 3 is 2.71 bits per heavy atom. The third-order valence-corrected chi connectivity index (χ3v) is 4.70. The smallest absolute Gasteiger partial charge is 0.292 e. The number of hydrogen-bond donors (Lipinski definition) is 3. The molecule has 2 aromatic carbocycles. The van der Waals surface area contributed by atoms with Crippen LogP contribution in [0.25, 0.3) is 0 Å². The third-order valence-electron chi connectivity index (χ3n) is 4.70. The number of anilines is 2. The molecule has 0 saturated heterocycles. The molecule has 0 spiro atoms. The Kier molecular flexibility index (Phi) is 6.21. The predicted octanol–water partition coefficient (Wildman–Crippen LogP) is 2.71. The van der Waals surface area contributed by atoms with Gasteiger partial charge in [-0.3, -0.25) is 19.7 Å². The number of fused-ring (bicyclic) bond motifs is 1. The minimum Gasteiger partial charge on any atom is -0.378 e. The van der Waals surface area contributed by atoms with Crippen molar-refractivity contribution in [3.05, 3.63) is 64.2 Å². The highest BCUT2D eigenvalue weighted by atomic mass is 16.6. The van der Waals surface area contributed by atoms with Crippen molar-refractivity contribution < 1.29 is 14.5 Å². The number of benzene rings is 2. The zero-order chi connectivity index (χ0) is 19.9. The van der Waals surface area contributed by atoms with Crippen molar-refractivity contribution in [3.8, 4) is 0 Å². The Balaban J connectivity index is 1.40. The SMILES string of the molecule is O=C(CCC1Cc2ccccc2NC1=O)NCCNc1ccccc1[N+](=O)[O-]. The highest BCUT2D eigenvalue weighted by Gasteiger charge is 2.26. The van der Waals surface area contributed by atoms with Crippen LogP contribution in [0, 0.1) is 16.0 Å². The van der Waals surface area contributed by atoms with Crippen molar-refractivity contribution in [2.24, 2.45) is 5.92 Å². The summed E-state index contributed by atoms with van der Waals surface area (Å²) in [5, 5.41) is 19.6. The fourth-order valence-electron chi connectivity index (χ4n) is 3.22. The van der Waals surface area contributed by atoms with E-state index >= 15 is 0 Å². The van der Waals surface area contributed by atoms with Crippen molar-refractivity contribution >= 4 is 28.9 Å². The van der Waals surface area contributed by atoms with E-state index < -0.39 is 4.92 Å². The molecule has 3 rings (SSSR count). The number of carbonyl (C=O) groups excluding carboxylic acids is 2. The Morgan fingerprint density at radius 2 is 1.89 bits per heavy atom. The first kappa shape index (κ1) is 19.3. The van der Waals surface area contributed by atoms with Gasteiger partial charge in [-0.15, -0.1) is 0 Å². The van der Waals surface area contributed by atoms with Crippen LogP contribution in [0.1, 0.15) is 18.4 Å². The quantitative estimate of drug-likeness (QED) is 0.369. The van der Waals surface area contributed by atoms with Gasteiger partial charge in [0.05, 0.1) is 4.92 Å². The summed E-state index contributed by atoms with van der Waals surface area (Å²) in [5.74, 6) is -0.411. The molecule has 2 amide bonds. The Bertz CT molecular complexity index is 884. The minimum atomic E-state index is -0.450. The third kappa shape index (κ3) is 4.85. The number of hydrogen-bond acceptors (Lipinski definition) is 5. The van der Waals surface area contributed by atoms with Gasteiger partial charge >= 0.3 is 0 Å². The fraction of sp³-hybridized carbons (Fsp3) is 0.300. The molecule has 0 bridgehead atoms. The average molecular weight is 382 g/mol. The van der Waals surface area contributed by atoms with Crippen LogP contribution < -0.4 is 16.0 Å². The van der Waals surface area contributed by atoms with E-state index in [1.54, 1.807) is 18.2 Å². The van der Waals surface area contributed by atoms with Crippen LogP contribution in [0.15, 0.2) is 48.5 Å². The van der Waals surface area contributed by atoms with E-state index in [0.717, 1.165) is 11.3 Å². The molecule has 8 heteroatoms. The number of nitrogens with zero attached hydrogens (tertiary/aromatic N) is 1. The number of carbonyl (C=O) groups is 2. The summed E-state index contributed by atoms with van der Waals surface area (Å²) in [6.45, 7) is 0.707. The molecule has 0 saturated carbocycles. The summed E-state index contributed by atoms with van der Waals surface area (Å²) in [7, 11) is 0. The molecule has 1 aliphatic rings. The van der Waals surface area contributed by atoms with E-state index in [0.29, 0.717) is 31.6 Å². The molecule has 2 aromatic rings. The van der Waals surface area contributed by atoms with Gasteiger partial charge in [0, 0.05) is 37.2 Å². The van der Waals surface area contributed by atoms with Crippen LogP contribution >= 0.6 is 0 Å². The maximum absolute atomic E-state index is 12.2. The van der Waals surface area contributed by atoms with Crippen LogP contribution in [-0.2, 0) is 16.0 Å². The lowest BCUT2D eigenvalue weighted by Gasteiger charge is -2.24. The number of para-hydroxylation sites is 3. The zero-order valence-electron chi connectivity index (χ0n) is 15.3. The van der Waals surface area contributed by atoms with Gasteiger partial charge in [-0.05, 0) is 30.5 Å². The lowest BCUT2D eigenvalue weighted by Crippen LogP contribution is -2.33. The zero-order valence-corrected chi connectivity index (χ0v) is 15.3. The highest BCUT2D eigenvalue weighted by Crippen LogP contribution is 2.27. The largest absolute Gasteiger partial charge is 0.378 e. The number of amides is 2. The van der Waals surface area contributed by atoms with Gasteiger partial charge in [0.15, 0.2) is 0 Å². The summed E-state index contributed by atoms with van der Waals surface area (Å²) in [6, 6.07) is 14.0. The monoisotopic (exact) mass is 382 g/mol. The summed E-state index contributed by atoms with van der Waals surface area (Å²) >= 11 is 0. The molecule has 0 radical (unpaired) electrons. The van der Waals surface area contributed by atoms with Crippen LogP contribution in [0.5, 0.6) is 0 Å². The maximum atomic E-state index is 12.2. The van der Waals surface area contributed by atoms with Crippen LogP contribution in [0.4, 0.5) is 17.1 Å². The van der Waals surface area contributed by atoms with E-state index in [4.69, 9.17) is 0 Å². The number of nitrogens with one attached hydrogen (secondary N) is 3. The van der Waals surface area contributed by atoms with Gasteiger partial charge in [-0.25, -0.2) is 0 Å². The Morgan fingerprint density at radius 1 is 1.14 bits per heavy atom. The predicted molar refractivity (Wildman–Crippen MR) is 106 cm³/mol. The molecular weight excluding hydrogens is 360 g/mol. The molecule has 1 aliphatic heterocycles. The second-order valence-electron chi connectivity index (χ2n) is 6.64. The van der Waals surface area contributed by atoms with Gasteiger partial charge in [0.25, 0.3) is 5.69 Å². The van der Waals surface area contributed by atoms with Crippen LogP contribution in [0.3, 0.4) is 0 Å². The second-order valence-corrected chi connectivity index (χ2v) is 6.64. The fourth-order valence-corrected chi connectivity index (χ4v) is 3.22. The van der Waals surface area contributed by atoms with Crippen LogP contribution in [-0.4, -0.2) is 29.8 Å². The molecule has 146 valence electrons. The molecule has 1 unspecified atom stereocenters. The number of nitro groups is 1. The van der Waals surface area contributed by atoms with Crippen molar-refractivity contribution in [2.75, 3.05) is 23.7 Å². The standard InChI is InChI=1S/C20H22N4O4/c25-19(22-12-11-21-17-7-3-4-8-18(17)24(27)28)10-9-15-13-14-5-1-2-6-16(14)23-20(15)26/h1-8,15,21H,9-13H2,(H,22,25)(H,23,26).